The normalized spacial score (nSPS) is 10.2. The number of hydrogen-bond donors (Lipinski definition) is 1. The smallest absolute Gasteiger partial charge is 0.230 e. The maximum absolute atomic E-state index is 11.5. The second kappa shape index (κ2) is 7.88. The Hall–Kier alpha value is -3.46. The summed E-state index contributed by atoms with van der Waals surface area (Å²) >= 11 is 0. The Morgan fingerprint density at radius 2 is 1.68 bits per heavy atom. The summed E-state index contributed by atoms with van der Waals surface area (Å²) in [6.07, 6.45) is 0.476. The Kier molecular flexibility index (Phi) is 5.17. The van der Waals surface area contributed by atoms with Gasteiger partial charge >= 0.3 is 0 Å². The van der Waals surface area contributed by atoms with Crippen LogP contribution in [0.5, 0.6) is 0 Å². The minimum Gasteiger partial charge on any atom is -0.424 e. The van der Waals surface area contributed by atoms with E-state index in [0.29, 0.717) is 12.3 Å². The fourth-order valence-electron chi connectivity index (χ4n) is 2.39. The molecule has 1 heterocycles. The number of nitriles is 1. The molecule has 25 heavy (non-hydrogen) atoms. The van der Waals surface area contributed by atoms with Gasteiger partial charge in [0.25, 0.3) is 0 Å². The standard InChI is InChI=1S/C19H16N4O2/c20-10-11-21-17(24)13-19-23-22-18(25-19)12-14-6-8-16(9-7-14)15-4-2-1-3-5-15/h1-9H,11-13H2,(H,21,24). The largest absolute Gasteiger partial charge is 0.424 e. The van der Waals surface area contributed by atoms with Crippen LogP contribution in [0.2, 0.25) is 0 Å². The van der Waals surface area contributed by atoms with Crippen molar-refractivity contribution in [3.8, 4) is 17.2 Å². The van der Waals surface area contributed by atoms with Crippen molar-refractivity contribution in [2.75, 3.05) is 6.54 Å². The molecule has 1 aromatic heterocycles. The number of carbonyl (C=O) groups excluding carboxylic acids is 1. The van der Waals surface area contributed by atoms with E-state index in [9.17, 15) is 4.79 Å². The summed E-state index contributed by atoms with van der Waals surface area (Å²) < 4.78 is 5.49. The van der Waals surface area contributed by atoms with Crippen LogP contribution in [0.25, 0.3) is 11.1 Å². The number of carbonyl (C=O) groups is 1. The van der Waals surface area contributed by atoms with Gasteiger partial charge in [-0.05, 0) is 16.7 Å². The van der Waals surface area contributed by atoms with E-state index >= 15 is 0 Å². The lowest BCUT2D eigenvalue weighted by Gasteiger charge is -2.03. The van der Waals surface area contributed by atoms with Crippen LogP contribution in [-0.4, -0.2) is 22.6 Å². The van der Waals surface area contributed by atoms with Crippen LogP contribution in [-0.2, 0) is 17.6 Å². The van der Waals surface area contributed by atoms with Gasteiger partial charge in [0.15, 0.2) is 0 Å². The lowest BCUT2D eigenvalue weighted by molar-refractivity contribution is -0.120. The van der Waals surface area contributed by atoms with Gasteiger partial charge in [-0.15, -0.1) is 10.2 Å². The second-order valence-electron chi connectivity index (χ2n) is 5.44. The molecule has 3 aromatic rings. The molecule has 3 rings (SSSR count). The van der Waals surface area contributed by atoms with Crippen molar-refractivity contribution in [2.24, 2.45) is 0 Å². The van der Waals surface area contributed by atoms with E-state index in [4.69, 9.17) is 9.68 Å². The molecule has 124 valence electrons. The zero-order chi connectivity index (χ0) is 17.5. The molecule has 1 amide bonds. The summed E-state index contributed by atoms with van der Waals surface area (Å²) in [7, 11) is 0. The summed E-state index contributed by atoms with van der Waals surface area (Å²) in [5.41, 5.74) is 3.35. The molecule has 0 aliphatic carbocycles. The van der Waals surface area contributed by atoms with Crippen molar-refractivity contribution in [2.45, 2.75) is 12.8 Å². The van der Waals surface area contributed by atoms with Gasteiger partial charge in [-0.1, -0.05) is 54.6 Å². The number of nitrogens with zero attached hydrogens (tertiary/aromatic N) is 3. The number of rotatable bonds is 6. The summed E-state index contributed by atoms with van der Waals surface area (Å²) in [6, 6.07) is 20.1. The van der Waals surface area contributed by atoms with Gasteiger partial charge in [-0.3, -0.25) is 4.79 Å². The zero-order valence-corrected chi connectivity index (χ0v) is 13.5. The Morgan fingerprint density at radius 3 is 2.40 bits per heavy atom. The van der Waals surface area contributed by atoms with Crippen LogP contribution >= 0.6 is 0 Å². The van der Waals surface area contributed by atoms with Gasteiger partial charge in [0.05, 0.1) is 12.5 Å². The van der Waals surface area contributed by atoms with Crippen LogP contribution in [0, 0.1) is 11.3 Å². The van der Waals surface area contributed by atoms with Crippen LogP contribution in [0.15, 0.2) is 59.0 Å². The predicted molar refractivity (Wildman–Crippen MR) is 91.3 cm³/mol. The third-order valence-electron chi connectivity index (χ3n) is 3.60. The molecule has 0 fully saturated rings. The van der Waals surface area contributed by atoms with Crippen LogP contribution < -0.4 is 5.32 Å². The van der Waals surface area contributed by atoms with E-state index in [-0.39, 0.29) is 24.8 Å². The molecule has 2 aromatic carbocycles. The maximum atomic E-state index is 11.5. The highest BCUT2D eigenvalue weighted by Crippen LogP contribution is 2.20. The molecule has 0 saturated heterocycles. The van der Waals surface area contributed by atoms with Crippen molar-refractivity contribution in [1.82, 2.24) is 15.5 Å². The summed E-state index contributed by atoms with van der Waals surface area (Å²) in [6.45, 7) is -0.0341. The van der Waals surface area contributed by atoms with E-state index in [1.807, 2.05) is 36.4 Å². The minimum atomic E-state index is -0.316. The molecule has 0 saturated carbocycles. The Morgan fingerprint density at radius 1 is 1.00 bits per heavy atom. The quantitative estimate of drug-likeness (QED) is 0.700. The zero-order valence-electron chi connectivity index (χ0n) is 13.5. The first kappa shape index (κ1) is 16.4. The fourth-order valence-corrected chi connectivity index (χ4v) is 2.39. The van der Waals surface area contributed by atoms with Crippen molar-refractivity contribution in [3.63, 3.8) is 0 Å². The van der Waals surface area contributed by atoms with Gasteiger partial charge in [0.1, 0.15) is 13.0 Å². The molecule has 1 N–H and O–H groups in total. The van der Waals surface area contributed by atoms with E-state index in [1.54, 1.807) is 0 Å². The molecular formula is C19H16N4O2. The molecule has 0 unspecified atom stereocenters. The average Bonchev–Trinajstić information content (AvgIpc) is 3.08. The van der Waals surface area contributed by atoms with E-state index in [2.05, 4.69) is 39.8 Å². The lowest BCUT2D eigenvalue weighted by Crippen LogP contribution is -2.25. The Labute approximate surface area is 145 Å². The molecular weight excluding hydrogens is 316 g/mol. The lowest BCUT2D eigenvalue weighted by atomic mass is 10.0. The van der Waals surface area contributed by atoms with E-state index < -0.39 is 0 Å². The molecule has 0 spiro atoms. The van der Waals surface area contributed by atoms with Crippen molar-refractivity contribution in [1.29, 1.82) is 5.26 Å². The average molecular weight is 332 g/mol. The van der Waals surface area contributed by atoms with Crippen molar-refractivity contribution >= 4 is 5.91 Å². The SMILES string of the molecule is N#CCNC(=O)Cc1nnc(Cc2ccc(-c3ccccc3)cc2)o1. The fraction of sp³-hybridized carbons (Fsp3) is 0.158. The first-order chi connectivity index (χ1) is 12.2. The second-order valence-corrected chi connectivity index (χ2v) is 5.44. The predicted octanol–water partition coefficient (Wildman–Crippen LogP) is 2.51. The maximum Gasteiger partial charge on any atom is 0.230 e. The topological polar surface area (TPSA) is 91.8 Å². The highest BCUT2D eigenvalue weighted by atomic mass is 16.4. The first-order valence-electron chi connectivity index (χ1n) is 7.84. The number of nitrogens with one attached hydrogen (secondary N) is 1. The third-order valence-corrected chi connectivity index (χ3v) is 3.60. The number of benzene rings is 2. The van der Waals surface area contributed by atoms with Crippen LogP contribution in [0.1, 0.15) is 17.3 Å². The Balaban J connectivity index is 1.61. The van der Waals surface area contributed by atoms with E-state index in [1.165, 1.54) is 0 Å². The highest BCUT2D eigenvalue weighted by molar-refractivity contribution is 5.77. The molecule has 0 radical (unpaired) electrons. The molecule has 6 nitrogen and oxygen atoms in total. The number of hydrogen-bond acceptors (Lipinski definition) is 5. The van der Waals surface area contributed by atoms with Gasteiger partial charge in [0.2, 0.25) is 17.7 Å². The van der Waals surface area contributed by atoms with Crippen molar-refractivity contribution in [3.05, 3.63) is 71.9 Å². The van der Waals surface area contributed by atoms with Crippen LogP contribution in [0.3, 0.4) is 0 Å². The molecule has 6 heteroatoms. The monoisotopic (exact) mass is 332 g/mol. The molecule has 0 aliphatic heterocycles. The van der Waals surface area contributed by atoms with Crippen molar-refractivity contribution < 1.29 is 9.21 Å². The summed E-state index contributed by atoms with van der Waals surface area (Å²) in [5.74, 6) is 0.380. The number of amides is 1. The van der Waals surface area contributed by atoms with Gasteiger partial charge in [-0.2, -0.15) is 5.26 Å². The summed E-state index contributed by atoms with van der Waals surface area (Å²) in [4.78, 5) is 11.5. The van der Waals surface area contributed by atoms with Gasteiger partial charge in [0, 0.05) is 0 Å². The highest BCUT2D eigenvalue weighted by Gasteiger charge is 2.11. The van der Waals surface area contributed by atoms with E-state index in [0.717, 1.165) is 16.7 Å². The summed E-state index contributed by atoms with van der Waals surface area (Å²) in [5, 5.41) is 18.7. The first-order valence-corrected chi connectivity index (χ1v) is 7.84. The number of aromatic nitrogens is 2. The van der Waals surface area contributed by atoms with Crippen LogP contribution in [0.4, 0.5) is 0 Å². The molecule has 0 bridgehead atoms. The van der Waals surface area contributed by atoms with Gasteiger partial charge in [-0.25, -0.2) is 0 Å². The third kappa shape index (κ3) is 4.52. The molecule has 0 atom stereocenters. The molecule has 0 aliphatic rings. The Bertz CT molecular complexity index is 880. The minimum absolute atomic E-state index is 0.0262. The van der Waals surface area contributed by atoms with Gasteiger partial charge < -0.3 is 9.73 Å².